The maximum Gasteiger partial charge on any atom is 0.137 e. The van der Waals surface area contributed by atoms with Gasteiger partial charge in [-0.15, -0.1) is 0 Å². The summed E-state index contributed by atoms with van der Waals surface area (Å²) in [6.45, 7) is 3.33. The zero-order chi connectivity index (χ0) is 13.9. The van der Waals surface area contributed by atoms with Crippen molar-refractivity contribution >= 4 is 0 Å². The molecule has 1 aromatic carbocycles. The van der Waals surface area contributed by atoms with E-state index in [4.69, 9.17) is 15.2 Å². The van der Waals surface area contributed by atoms with E-state index in [9.17, 15) is 0 Å². The fourth-order valence-electron chi connectivity index (χ4n) is 2.44. The third-order valence-corrected chi connectivity index (χ3v) is 3.48. The maximum absolute atomic E-state index is 6.34. The molecule has 2 heterocycles. The Balaban J connectivity index is 1.88. The van der Waals surface area contributed by atoms with Gasteiger partial charge in [-0.05, 0) is 35.7 Å². The SMILES string of the molecule is CCOc1cncc(C(N)c2ccc3c(c2)CCO3)c1. The fourth-order valence-corrected chi connectivity index (χ4v) is 2.44. The van der Waals surface area contributed by atoms with Gasteiger partial charge in [-0.2, -0.15) is 0 Å². The van der Waals surface area contributed by atoms with Crippen LogP contribution in [0.4, 0.5) is 0 Å². The summed E-state index contributed by atoms with van der Waals surface area (Å²) in [5, 5.41) is 0. The molecule has 1 aliphatic rings. The van der Waals surface area contributed by atoms with Gasteiger partial charge in [0.05, 0.1) is 25.5 Å². The van der Waals surface area contributed by atoms with E-state index in [0.717, 1.165) is 35.7 Å². The normalized spacial score (nSPS) is 14.5. The maximum atomic E-state index is 6.34. The smallest absolute Gasteiger partial charge is 0.137 e. The van der Waals surface area contributed by atoms with Gasteiger partial charge >= 0.3 is 0 Å². The molecule has 104 valence electrons. The first-order valence-corrected chi connectivity index (χ1v) is 6.87. The van der Waals surface area contributed by atoms with Gasteiger partial charge in [-0.3, -0.25) is 4.98 Å². The minimum atomic E-state index is -0.200. The van der Waals surface area contributed by atoms with Gasteiger partial charge in [0, 0.05) is 12.6 Å². The van der Waals surface area contributed by atoms with Crippen molar-refractivity contribution in [3.63, 3.8) is 0 Å². The quantitative estimate of drug-likeness (QED) is 0.927. The van der Waals surface area contributed by atoms with Gasteiger partial charge in [0.1, 0.15) is 11.5 Å². The summed E-state index contributed by atoms with van der Waals surface area (Å²) in [6.07, 6.45) is 4.44. The van der Waals surface area contributed by atoms with Crippen LogP contribution in [-0.2, 0) is 6.42 Å². The monoisotopic (exact) mass is 270 g/mol. The lowest BCUT2D eigenvalue weighted by Gasteiger charge is -2.14. The Morgan fingerprint density at radius 1 is 1.30 bits per heavy atom. The molecule has 0 fully saturated rings. The molecule has 20 heavy (non-hydrogen) atoms. The predicted octanol–water partition coefficient (Wildman–Crippen LogP) is 2.46. The number of hydrogen-bond donors (Lipinski definition) is 1. The second-order valence-corrected chi connectivity index (χ2v) is 4.83. The van der Waals surface area contributed by atoms with Crippen LogP contribution in [0.5, 0.6) is 11.5 Å². The van der Waals surface area contributed by atoms with Crippen molar-refractivity contribution in [3.05, 3.63) is 53.3 Å². The number of rotatable bonds is 4. The topological polar surface area (TPSA) is 57.4 Å². The third kappa shape index (κ3) is 2.47. The first-order valence-electron chi connectivity index (χ1n) is 6.87. The first kappa shape index (κ1) is 12.9. The standard InChI is InChI=1S/C16H18N2O2/c1-2-19-14-8-13(9-18-10-14)16(17)12-3-4-15-11(7-12)5-6-20-15/h3-4,7-10,16H,2,5-6,17H2,1H3. The van der Waals surface area contributed by atoms with Gasteiger partial charge in [-0.1, -0.05) is 12.1 Å². The molecule has 2 N–H and O–H groups in total. The van der Waals surface area contributed by atoms with E-state index < -0.39 is 0 Å². The lowest BCUT2D eigenvalue weighted by Crippen LogP contribution is -2.12. The summed E-state index contributed by atoms with van der Waals surface area (Å²) in [5.41, 5.74) is 9.59. The Morgan fingerprint density at radius 2 is 2.20 bits per heavy atom. The Labute approximate surface area is 118 Å². The largest absolute Gasteiger partial charge is 0.493 e. The lowest BCUT2D eigenvalue weighted by atomic mass is 9.98. The van der Waals surface area contributed by atoms with E-state index >= 15 is 0 Å². The van der Waals surface area contributed by atoms with Crippen LogP contribution >= 0.6 is 0 Å². The van der Waals surface area contributed by atoms with Crippen LogP contribution in [0.1, 0.15) is 29.7 Å². The molecule has 0 radical (unpaired) electrons. The number of aromatic nitrogens is 1. The van der Waals surface area contributed by atoms with E-state index in [1.165, 1.54) is 5.56 Å². The molecular weight excluding hydrogens is 252 g/mol. The highest BCUT2D eigenvalue weighted by Gasteiger charge is 2.16. The number of nitrogens with zero attached hydrogens (tertiary/aromatic N) is 1. The molecule has 3 rings (SSSR count). The molecule has 0 bridgehead atoms. The van der Waals surface area contributed by atoms with E-state index in [1.807, 2.05) is 25.1 Å². The summed E-state index contributed by atoms with van der Waals surface area (Å²) < 4.78 is 11.0. The van der Waals surface area contributed by atoms with Gasteiger partial charge in [-0.25, -0.2) is 0 Å². The van der Waals surface area contributed by atoms with Crippen LogP contribution in [-0.4, -0.2) is 18.2 Å². The van der Waals surface area contributed by atoms with Crippen LogP contribution in [0.15, 0.2) is 36.7 Å². The average Bonchev–Trinajstić information content (AvgIpc) is 2.94. The van der Waals surface area contributed by atoms with Crippen molar-refractivity contribution < 1.29 is 9.47 Å². The number of ether oxygens (including phenoxy) is 2. The highest BCUT2D eigenvalue weighted by molar-refractivity contribution is 5.43. The molecule has 1 aromatic heterocycles. The molecule has 4 heteroatoms. The minimum absolute atomic E-state index is 0.200. The first-order chi connectivity index (χ1) is 9.78. The Hall–Kier alpha value is -2.07. The number of hydrogen-bond acceptors (Lipinski definition) is 4. The number of pyridine rings is 1. The van der Waals surface area contributed by atoms with Crippen molar-refractivity contribution in [2.75, 3.05) is 13.2 Å². The highest BCUT2D eigenvalue weighted by Crippen LogP contribution is 2.30. The molecular formula is C16H18N2O2. The highest BCUT2D eigenvalue weighted by atomic mass is 16.5. The number of benzene rings is 1. The predicted molar refractivity (Wildman–Crippen MR) is 77.1 cm³/mol. The Bertz CT molecular complexity index is 613. The van der Waals surface area contributed by atoms with Crippen LogP contribution in [0.2, 0.25) is 0 Å². The number of nitrogens with two attached hydrogens (primary N) is 1. The Kier molecular flexibility index (Phi) is 3.56. The number of fused-ring (bicyclic) bond motifs is 1. The molecule has 1 unspecified atom stereocenters. The Morgan fingerprint density at radius 3 is 3.05 bits per heavy atom. The van der Waals surface area contributed by atoms with Crippen molar-refractivity contribution in [2.45, 2.75) is 19.4 Å². The summed E-state index contributed by atoms with van der Waals surface area (Å²) in [4.78, 5) is 4.19. The van der Waals surface area contributed by atoms with E-state index in [2.05, 4.69) is 11.1 Å². The molecule has 0 aliphatic carbocycles. The van der Waals surface area contributed by atoms with Crippen molar-refractivity contribution in [3.8, 4) is 11.5 Å². The molecule has 0 spiro atoms. The van der Waals surface area contributed by atoms with Gasteiger partial charge < -0.3 is 15.2 Å². The van der Waals surface area contributed by atoms with Gasteiger partial charge in [0.25, 0.3) is 0 Å². The molecule has 1 aliphatic heterocycles. The van der Waals surface area contributed by atoms with Crippen LogP contribution in [0.25, 0.3) is 0 Å². The second-order valence-electron chi connectivity index (χ2n) is 4.83. The summed E-state index contributed by atoms with van der Waals surface area (Å²) in [6, 6.07) is 7.89. The summed E-state index contributed by atoms with van der Waals surface area (Å²) in [7, 11) is 0. The van der Waals surface area contributed by atoms with Crippen molar-refractivity contribution in [2.24, 2.45) is 5.73 Å². The molecule has 0 saturated carbocycles. The molecule has 1 atom stereocenters. The third-order valence-electron chi connectivity index (χ3n) is 3.48. The average molecular weight is 270 g/mol. The van der Waals surface area contributed by atoms with Crippen molar-refractivity contribution in [1.29, 1.82) is 0 Å². The van der Waals surface area contributed by atoms with Gasteiger partial charge in [0.15, 0.2) is 0 Å². The summed E-state index contributed by atoms with van der Waals surface area (Å²) in [5.74, 6) is 1.73. The fraction of sp³-hybridized carbons (Fsp3) is 0.312. The van der Waals surface area contributed by atoms with Crippen LogP contribution in [0, 0.1) is 0 Å². The molecule has 4 nitrogen and oxygen atoms in total. The van der Waals surface area contributed by atoms with E-state index in [0.29, 0.717) is 6.61 Å². The lowest BCUT2D eigenvalue weighted by molar-refractivity contribution is 0.338. The van der Waals surface area contributed by atoms with Gasteiger partial charge in [0.2, 0.25) is 0 Å². The second kappa shape index (κ2) is 5.51. The van der Waals surface area contributed by atoms with E-state index in [-0.39, 0.29) is 6.04 Å². The zero-order valence-electron chi connectivity index (χ0n) is 11.5. The summed E-state index contributed by atoms with van der Waals surface area (Å²) >= 11 is 0. The van der Waals surface area contributed by atoms with Crippen LogP contribution < -0.4 is 15.2 Å². The zero-order valence-corrected chi connectivity index (χ0v) is 11.5. The van der Waals surface area contributed by atoms with E-state index in [1.54, 1.807) is 12.4 Å². The van der Waals surface area contributed by atoms with Crippen molar-refractivity contribution in [1.82, 2.24) is 4.98 Å². The molecule has 2 aromatic rings. The molecule has 0 saturated heterocycles. The molecule has 0 amide bonds. The minimum Gasteiger partial charge on any atom is -0.493 e. The van der Waals surface area contributed by atoms with Crippen LogP contribution in [0.3, 0.4) is 0 Å².